The van der Waals surface area contributed by atoms with Gasteiger partial charge in [-0.2, -0.15) is 33.7 Å². The highest BCUT2D eigenvalue weighted by atomic mass is 32.2. The predicted molar refractivity (Wildman–Crippen MR) is 150 cm³/mol. The zero-order valence-electron chi connectivity index (χ0n) is 21.0. The molecule has 0 aliphatic heterocycles. The second kappa shape index (κ2) is 18.8. The number of unbranched alkanes of at least 4 members (excludes halogenated alkanes) is 4. The molecule has 0 aliphatic carbocycles. The Hall–Kier alpha value is 0.500. The lowest BCUT2D eigenvalue weighted by molar-refractivity contribution is 0.478. The zero-order valence-corrected chi connectivity index (χ0v) is 26.1. The molecule has 0 atom stereocenters. The average Bonchev–Trinajstić information content (AvgIpc) is 2.70. The standard InChI is InChI=1S/C19H42O12P2S4/c20-34(21,22)16-5-1-10-32(11-2-6-17-35(23,24)25)14-9-15-33(12-3-7-18-36(26,27)28)13-4-8-19-37(29,30)31/h1-19H2,(H,20,21,22)(H,23,24,25)(H,26,27,28)(H,29,30,31). The minimum Gasteiger partial charge on any atom is -0.286 e. The summed E-state index contributed by atoms with van der Waals surface area (Å²) in [4.78, 5) is 0. The molecule has 18 heteroatoms. The van der Waals surface area contributed by atoms with Crippen LogP contribution in [-0.2, 0) is 40.5 Å². The molecule has 0 aromatic heterocycles. The minimum atomic E-state index is -4.02. The number of hydrogen-bond acceptors (Lipinski definition) is 8. The van der Waals surface area contributed by atoms with Crippen molar-refractivity contribution in [1.29, 1.82) is 0 Å². The molecule has 0 saturated carbocycles. The van der Waals surface area contributed by atoms with Crippen LogP contribution in [-0.4, -0.2) is 112 Å². The van der Waals surface area contributed by atoms with Crippen LogP contribution in [0.1, 0.15) is 57.8 Å². The van der Waals surface area contributed by atoms with E-state index < -0.39 is 56.3 Å². The van der Waals surface area contributed by atoms with E-state index in [1.807, 2.05) is 0 Å². The molecule has 0 rings (SSSR count). The topological polar surface area (TPSA) is 217 Å². The van der Waals surface area contributed by atoms with Crippen molar-refractivity contribution in [3.05, 3.63) is 0 Å². The molecule has 224 valence electrons. The summed E-state index contributed by atoms with van der Waals surface area (Å²) in [6.45, 7) is 0. The van der Waals surface area contributed by atoms with Crippen molar-refractivity contribution in [1.82, 2.24) is 0 Å². The van der Waals surface area contributed by atoms with Gasteiger partial charge in [-0.1, -0.05) is 0 Å². The van der Waals surface area contributed by atoms with Crippen molar-refractivity contribution in [2.45, 2.75) is 57.8 Å². The van der Waals surface area contributed by atoms with Crippen molar-refractivity contribution in [2.24, 2.45) is 0 Å². The zero-order chi connectivity index (χ0) is 28.6. The maximum absolute atomic E-state index is 10.9. The Bertz CT molecular complexity index is 881. The largest absolute Gasteiger partial charge is 0.286 e. The third-order valence-electron chi connectivity index (χ3n) is 5.46. The van der Waals surface area contributed by atoms with E-state index >= 15 is 0 Å². The summed E-state index contributed by atoms with van der Waals surface area (Å²) in [6, 6.07) is 0. The van der Waals surface area contributed by atoms with Crippen molar-refractivity contribution in [3.8, 4) is 0 Å². The summed E-state index contributed by atoms with van der Waals surface area (Å²) in [7, 11) is -17.1. The Morgan fingerprint density at radius 3 is 0.703 bits per heavy atom. The van der Waals surface area contributed by atoms with Gasteiger partial charge >= 0.3 is 0 Å². The van der Waals surface area contributed by atoms with Crippen LogP contribution in [0.25, 0.3) is 0 Å². The van der Waals surface area contributed by atoms with Gasteiger partial charge in [-0.3, -0.25) is 18.2 Å². The first kappa shape index (κ1) is 37.5. The Kier molecular flexibility index (Phi) is 19.0. The van der Waals surface area contributed by atoms with Crippen LogP contribution >= 0.6 is 15.8 Å². The molecule has 0 amide bonds. The summed E-state index contributed by atoms with van der Waals surface area (Å²) < 4.78 is 123. The van der Waals surface area contributed by atoms with E-state index in [0.717, 1.165) is 43.4 Å². The summed E-state index contributed by atoms with van der Waals surface area (Å²) in [6.07, 6.45) is 9.50. The highest BCUT2D eigenvalue weighted by molar-refractivity contribution is 7.86. The van der Waals surface area contributed by atoms with E-state index in [-0.39, 0.29) is 23.0 Å². The van der Waals surface area contributed by atoms with Gasteiger partial charge in [0.1, 0.15) is 0 Å². The molecule has 0 unspecified atom stereocenters. The molecule has 0 spiro atoms. The first-order valence-corrected chi connectivity index (χ1v) is 22.3. The molecular weight excluding hydrogens is 610 g/mol. The molecule has 0 aromatic carbocycles. The van der Waals surface area contributed by atoms with Gasteiger partial charge in [-0.25, -0.2) is 0 Å². The number of rotatable bonds is 24. The molecule has 0 saturated heterocycles. The van der Waals surface area contributed by atoms with Crippen molar-refractivity contribution >= 4 is 56.3 Å². The first-order valence-electron chi connectivity index (χ1n) is 12.1. The summed E-state index contributed by atoms with van der Waals surface area (Å²) in [5, 5.41) is 0. The van der Waals surface area contributed by atoms with Gasteiger partial charge in [0, 0.05) is 0 Å². The van der Waals surface area contributed by atoms with Gasteiger partial charge in [0.15, 0.2) is 0 Å². The van der Waals surface area contributed by atoms with Crippen LogP contribution in [0, 0.1) is 0 Å². The maximum Gasteiger partial charge on any atom is 0.264 e. The Balaban J connectivity index is 4.82. The molecule has 0 aromatic rings. The lowest BCUT2D eigenvalue weighted by Crippen LogP contribution is -2.08. The Labute approximate surface area is 225 Å². The van der Waals surface area contributed by atoms with Crippen LogP contribution in [0.4, 0.5) is 0 Å². The molecule has 0 aliphatic rings. The van der Waals surface area contributed by atoms with Crippen LogP contribution in [0.3, 0.4) is 0 Å². The molecule has 4 N–H and O–H groups in total. The highest BCUT2D eigenvalue weighted by Gasteiger charge is 2.15. The van der Waals surface area contributed by atoms with E-state index in [0.29, 0.717) is 51.4 Å². The quantitative estimate of drug-likeness (QED) is 0.0672. The van der Waals surface area contributed by atoms with E-state index in [1.165, 1.54) is 0 Å². The van der Waals surface area contributed by atoms with Crippen LogP contribution in [0.5, 0.6) is 0 Å². The third kappa shape index (κ3) is 29.3. The van der Waals surface area contributed by atoms with Gasteiger partial charge in [0.25, 0.3) is 40.5 Å². The number of hydrogen-bond donors (Lipinski definition) is 4. The van der Waals surface area contributed by atoms with Crippen LogP contribution in [0.15, 0.2) is 0 Å². The van der Waals surface area contributed by atoms with Crippen molar-refractivity contribution in [2.75, 3.05) is 60.0 Å². The first-order chi connectivity index (χ1) is 16.9. The Morgan fingerprint density at radius 1 is 0.324 bits per heavy atom. The minimum absolute atomic E-state index is 0.308. The van der Waals surface area contributed by atoms with E-state index in [2.05, 4.69) is 0 Å². The second-order valence-corrected chi connectivity index (χ2v) is 20.7. The predicted octanol–water partition coefficient (Wildman–Crippen LogP) is 3.01. The molecule has 0 radical (unpaired) electrons. The maximum atomic E-state index is 10.9. The summed E-state index contributed by atoms with van der Waals surface area (Å²) >= 11 is 0. The van der Waals surface area contributed by atoms with Gasteiger partial charge < -0.3 is 0 Å². The molecule has 0 heterocycles. The smallest absolute Gasteiger partial charge is 0.264 e. The average molecular weight is 653 g/mol. The molecular formula is C19H42O12P2S4. The summed E-state index contributed by atoms with van der Waals surface area (Å²) in [5.41, 5.74) is 0. The van der Waals surface area contributed by atoms with Crippen LogP contribution in [0.2, 0.25) is 0 Å². The monoisotopic (exact) mass is 652 g/mol. The molecule has 0 bridgehead atoms. The fraction of sp³-hybridized carbons (Fsp3) is 1.00. The fourth-order valence-electron chi connectivity index (χ4n) is 3.67. The van der Waals surface area contributed by atoms with Gasteiger partial charge in [-0.15, -0.1) is 15.8 Å². The lowest BCUT2D eigenvalue weighted by Gasteiger charge is -2.21. The van der Waals surface area contributed by atoms with Crippen molar-refractivity contribution < 1.29 is 51.9 Å². The van der Waals surface area contributed by atoms with Crippen LogP contribution < -0.4 is 0 Å². The third-order valence-corrected chi connectivity index (χ3v) is 14.4. The van der Waals surface area contributed by atoms with E-state index in [4.69, 9.17) is 18.2 Å². The lowest BCUT2D eigenvalue weighted by atomic mass is 10.4. The van der Waals surface area contributed by atoms with Gasteiger partial charge in [0.05, 0.1) is 23.0 Å². The molecule has 37 heavy (non-hydrogen) atoms. The second-order valence-electron chi connectivity index (χ2n) is 9.01. The SMILES string of the molecule is O=S(=O)(O)CCCCP(CCCCS(=O)(=O)O)CCCP(CCCCS(=O)(=O)O)CCCCS(=O)(=O)O. The van der Waals surface area contributed by atoms with Gasteiger partial charge in [0.2, 0.25) is 0 Å². The van der Waals surface area contributed by atoms with Gasteiger partial charge in [-0.05, 0) is 94.8 Å². The molecule has 12 nitrogen and oxygen atoms in total. The molecule has 0 fully saturated rings. The summed E-state index contributed by atoms with van der Waals surface area (Å²) in [5.74, 6) is -1.23. The van der Waals surface area contributed by atoms with E-state index in [9.17, 15) is 33.7 Å². The normalized spacial score (nSPS) is 13.6. The fourth-order valence-corrected chi connectivity index (χ4v) is 11.4. The van der Waals surface area contributed by atoms with E-state index in [1.54, 1.807) is 0 Å². The Morgan fingerprint density at radius 2 is 0.514 bits per heavy atom. The van der Waals surface area contributed by atoms with Crippen molar-refractivity contribution in [3.63, 3.8) is 0 Å². The highest BCUT2D eigenvalue weighted by Crippen LogP contribution is 2.43.